The van der Waals surface area contributed by atoms with Crippen LogP contribution in [0.4, 0.5) is 0 Å². The predicted molar refractivity (Wildman–Crippen MR) is 92.8 cm³/mol. The Labute approximate surface area is 148 Å². The molecule has 0 fully saturated rings. The molecule has 2 heterocycles. The van der Waals surface area contributed by atoms with Gasteiger partial charge in [0.2, 0.25) is 5.78 Å². The van der Waals surface area contributed by atoms with Gasteiger partial charge >= 0.3 is 0 Å². The van der Waals surface area contributed by atoms with Crippen LogP contribution >= 0.6 is 11.3 Å². The minimum Gasteiger partial charge on any atom is -0.503 e. The number of β-amino-alcohol motifs (C(OH)–C–C–N with tert-alkyl or cyclic N) is 1. The van der Waals surface area contributed by atoms with E-state index in [1.165, 1.54) is 23.3 Å². The summed E-state index contributed by atoms with van der Waals surface area (Å²) in [6.07, 6.45) is 0. The van der Waals surface area contributed by atoms with E-state index in [4.69, 9.17) is 4.74 Å². The lowest BCUT2D eigenvalue weighted by molar-refractivity contribution is -0.129. The number of benzene rings is 1. The Morgan fingerprint density at radius 2 is 2.04 bits per heavy atom. The minimum absolute atomic E-state index is 0.00500. The molecule has 0 spiro atoms. The zero-order chi connectivity index (χ0) is 18.0. The van der Waals surface area contributed by atoms with Crippen molar-refractivity contribution in [3.63, 3.8) is 0 Å². The topological polar surface area (TPSA) is 87.1 Å². The van der Waals surface area contributed by atoms with Gasteiger partial charge < -0.3 is 19.8 Å². The van der Waals surface area contributed by atoms with Gasteiger partial charge in [-0.05, 0) is 17.5 Å². The van der Waals surface area contributed by atoms with Gasteiger partial charge in [-0.3, -0.25) is 9.59 Å². The van der Waals surface area contributed by atoms with Crippen LogP contribution in [0.15, 0.2) is 53.1 Å². The summed E-state index contributed by atoms with van der Waals surface area (Å²) in [5.74, 6) is -1.17. The number of amides is 1. The fourth-order valence-corrected chi connectivity index (χ4v) is 3.66. The quantitative estimate of drug-likeness (QED) is 0.773. The van der Waals surface area contributed by atoms with Gasteiger partial charge in [0.15, 0.2) is 5.76 Å². The molecule has 7 heteroatoms. The van der Waals surface area contributed by atoms with Gasteiger partial charge in [0.05, 0.1) is 30.2 Å². The standard InChI is InChI=1S/C18H17NO5S/c1-24-12-6-3-2-5-11(12)15-14(16(21)13-7-4-10-25-13)17(22)18(23)19(15)8-9-20/h2-7,10,15,20,22H,8-9H2,1H3. The predicted octanol–water partition coefficient (Wildman–Crippen LogP) is 2.33. The number of thiophene rings is 1. The number of ether oxygens (including phenoxy) is 1. The van der Waals surface area contributed by atoms with Crippen LogP contribution in [0.25, 0.3) is 0 Å². The van der Waals surface area contributed by atoms with Gasteiger partial charge in [-0.25, -0.2) is 0 Å². The first-order valence-corrected chi connectivity index (χ1v) is 8.54. The molecule has 2 aromatic rings. The normalized spacial score (nSPS) is 17.3. The second kappa shape index (κ2) is 7.08. The Morgan fingerprint density at radius 3 is 2.68 bits per heavy atom. The van der Waals surface area contributed by atoms with Crippen molar-refractivity contribution in [1.82, 2.24) is 4.90 Å². The highest BCUT2D eigenvalue weighted by Gasteiger charge is 2.44. The monoisotopic (exact) mass is 359 g/mol. The van der Waals surface area contributed by atoms with E-state index in [1.54, 1.807) is 41.8 Å². The van der Waals surface area contributed by atoms with Crippen molar-refractivity contribution in [2.24, 2.45) is 0 Å². The van der Waals surface area contributed by atoms with Gasteiger partial charge in [0, 0.05) is 12.1 Å². The van der Waals surface area contributed by atoms with Crippen LogP contribution in [0.5, 0.6) is 5.75 Å². The zero-order valence-electron chi connectivity index (χ0n) is 13.5. The average Bonchev–Trinajstić information content (AvgIpc) is 3.24. The lowest BCUT2D eigenvalue weighted by Crippen LogP contribution is -2.33. The summed E-state index contributed by atoms with van der Waals surface area (Å²) < 4.78 is 5.36. The van der Waals surface area contributed by atoms with E-state index >= 15 is 0 Å². The maximum Gasteiger partial charge on any atom is 0.290 e. The van der Waals surface area contributed by atoms with E-state index < -0.39 is 23.5 Å². The Kier molecular flexibility index (Phi) is 4.87. The smallest absolute Gasteiger partial charge is 0.290 e. The van der Waals surface area contributed by atoms with E-state index in [1.807, 2.05) is 0 Å². The summed E-state index contributed by atoms with van der Waals surface area (Å²) in [5, 5.41) is 21.4. The van der Waals surface area contributed by atoms with Crippen molar-refractivity contribution in [1.29, 1.82) is 0 Å². The van der Waals surface area contributed by atoms with E-state index in [9.17, 15) is 19.8 Å². The fraction of sp³-hybridized carbons (Fsp3) is 0.222. The molecule has 25 heavy (non-hydrogen) atoms. The molecule has 1 aromatic carbocycles. The highest BCUT2D eigenvalue weighted by molar-refractivity contribution is 7.12. The summed E-state index contributed by atoms with van der Waals surface area (Å²) >= 11 is 1.24. The second-order valence-electron chi connectivity index (χ2n) is 5.44. The number of ketones is 1. The van der Waals surface area contributed by atoms with Crippen molar-refractivity contribution in [3.8, 4) is 5.75 Å². The summed E-state index contributed by atoms with van der Waals surface area (Å²) in [5.41, 5.74) is 0.584. The maximum absolute atomic E-state index is 12.9. The second-order valence-corrected chi connectivity index (χ2v) is 6.38. The molecule has 1 aliphatic rings. The molecule has 130 valence electrons. The van der Waals surface area contributed by atoms with Crippen molar-refractivity contribution < 1.29 is 24.5 Å². The highest BCUT2D eigenvalue weighted by atomic mass is 32.1. The molecule has 1 aromatic heterocycles. The number of carbonyl (C=O) groups excluding carboxylic acids is 2. The molecular formula is C18H17NO5S. The van der Waals surface area contributed by atoms with Crippen molar-refractivity contribution in [2.45, 2.75) is 6.04 Å². The first-order valence-electron chi connectivity index (χ1n) is 7.66. The van der Waals surface area contributed by atoms with Crippen LogP contribution < -0.4 is 4.74 Å². The molecule has 1 unspecified atom stereocenters. The van der Waals surface area contributed by atoms with Crippen LogP contribution in [-0.4, -0.2) is 47.1 Å². The lowest BCUT2D eigenvalue weighted by atomic mass is 9.94. The molecule has 0 bridgehead atoms. The molecule has 0 aliphatic carbocycles. The Hall–Kier alpha value is -2.64. The third-order valence-corrected chi connectivity index (χ3v) is 4.94. The third kappa shape index (κ3) is 2.92. The molecule has 0 saturated heterocycles. The minimum atomic E-state index is -0.814. The number of aliphatic hydroxyl groups excluding tert-OH is 2. The molecule has 2 N–H and O–H groups in total. The number of nitrogens with zero attached hydrogens (tertiary/aromatic N) is 1. The number of para-hydroxylation sites is 1. The highest BCUT2D eigenvalue weighted by Crippen LogP contribution is 2.42. The van der Waals surface area contributed by atoms with Gasteiger partial charge in [-0.1, -0.05) is 24.3 Å². The van der Waals surface area contributed by atoms with Gasteiger partial charge in [0.1, 0.15) is 5.75 Å². The first kappa shape index (κ1) is 17.2. The van der Waals surface area contributed by atoms with Crippen LogP contribution in [-0.2, 0) is 4.79 Å². The number of aliphatic hydroxyl groups is 2. The summed E-state index contributed by atoms with van der Waals surface area (Å²) in [7, 11) is 1.50. The van der Waals surface area contributed by atoms with Crippen molar-refractivity contribution >= 4 is 23.0 Å². The molecule has 1 atom stereocenters. The third-order valence-electron chi connectivity index (χ3n) is 4.07. The van der Waals surface area contributed by atoms with E-state index in [0.717, 1.165) is 0 Å². The largest absolute Gasteiger partial charge is 0.503 e. The van der Waals surface area contributed by atoms with Gasteiger partial charge in [0.25, 0.3) is 5.91 Å². The summed E-state index contributed by atoms with van der Waals surface area (Å²) in [6.45, 7) is -0.294. The Bertz CT molecular complexity index is 828. The van der Waals surface area contributed by atoms with Crippen molar-refractivity contribution in [2.75, 3.05) is 20.3 Å². The van der Waals surface area contributed by atoms with Crippen LogP contribution in [0.3, 0.4) is 0 Å². The number of carbonyl (C=O) groups is 2. The number of hydrogen-bond donors (Lipinski definition) is 2. The SMILES string of the molecule is COc1ccccc1C1C(C(=O)c2cccs2)=C(O)C(=O)N1CCO. The van der Waals surface area contributed by atoms with E-state index in [-0.39, 0.29) is 18.7 Å². The summed E-state index contributed by atoms with van der Waals surface area (Å²) in [6, 6.07) is 9.57. The Balaban J connectivity index is 2.15. The van der Waals surface area contributed by atoms with Crippen LogP contribution in [0.2, 0.25) is 0 Å². The van der Waals surface area contributed by atoms with Gasteiger partial charge in [-0.2, -0.15) is 0 Å². The molecule has 0 saturated carbocycles. The molecule has 3 rings (SSSR count). The average molecular weight is 359 g/mol. The molecule has 0 radical (unpaired) electrons. The van der Waals surface area contributed by atoms with Crippen LogP contribution in [0.1, 0.15) is 21.3 Å². The number of hydrogen-bond acceptors (Lipinski definition) is 6. The number of methoxy groups -OCH3 is 1. The number of rotatable bonds is 6. The zero-order valence-corrected chi connectivity index (χ0v) is 14.3. The summed E-state index contributed by atoms with van der Waals surface area (Å²) in [4.78, 5) is 27.1. The molecule has 1 aliphatic heterocycles. The van der Waals surface area contributed by atoms with Crippen LogP contribution in [0, 0.1) is 0 Å². The van der Waals surface area contributed by atoms with E-state index in [0.29, 0.717) is 16.2 Å². The van der Waals surface area contributed by atoms with Crippen molar-refractivity contribution in [3.05, 3.63) is 63.6 Å². The molecular weight excluding hydrogens is 342 g/mol. The fourth-order valence-electron chi connectivity index (χ4n) is 2.98. The number of Topliss-reactive ketones (excluding diaryl/α,β-unsaturated/α-hetero) is 1. The molecule has 6 nitrogen and oxygen atoms in total. The maximum atomic E-state index is 12.9. The Morgan fingerprint density at radius 1 is 1.28 bits per heavy atom. The first-order chi connectivity index (χ1) is 12.1. The van der Waals surface area contributed by atoms with Gasteiger partial charge in [-0.15, -0.1) is 11.3 Å². The lowest BCUT2D eigenvalue weighted by Gasteiger charge is -2.27. The van der Waals surface area contributed by atoms with E-state index in [2.05, 4.69) is 0 Å². The molecule has 1 amide bonds.